The molecule has 0 spiro atoms. The van der Waals surface area contributed by atoms with E-state index in [-0.39, 0.29) is 35.5 Å². The molecule has 0 bridgehead atoms. The summed E-state index contributed by atoms with van der Waals surface area (Å²) in [6, 6.07) is 0. The van der Waals surface area contributed by atoms with E-state index in [1.807, 2.05) is 6.20 Å². The van der Waals surface area contributed by atoms with E-state index in [0.717, 1.165) is 30.5 Å². The van der Waals surface area contributed by atoms with Crippen molar-refractivity contribution in [2.75, 3.05) is 20.2 Å². The Kier molecular flexibility index (Phi) is 11.0. The van der Waals surface area contributed by atoms with Gasteiger partial charge >= 0.3 is 0 Å². The standard InChI is InChI=1S/C16H30N4OS.HI/c1-7-12-9-18-14(22-12)11-20-15(17-8-2)19-10-13(21-6)16(3,4)5;/h9,13H,7-8,10-11H2,1-6H3,(H2,17,19,20);1H. The molecule has 0 aromatic carbocycles. The van der Waals surface area contributed by atoms with Crippen LogP contribution < -0.4 is 10.6 Å². The first-order valence-electron chi connectivity index (χ1n) is 7.89. The normalized spacial score (nSPS) is 13.4. The number of hydrogen-bond donors (Lipinski definition) is 2. The van der Waals surface area contributed by atoms with Crippen LogP contribution in [-0.4, -0.2) is 37.2 Å². The van der Waals surface area contributed by atoms with E-state index < -0.39 is 0 Å². The van der Waals surface area contributed by atoms with Crippen molar-refractivity contribution in [2.24, 2.45) is 10.4 Å². The Balaban J connectivity index is 0.00000484. The molecule has 1 aromatic rings. The van der Waals surface area contributed by atoms with Crippen LogP contribution in [0.4, 0.5) is 0 Å². The number of nitrogens with zero attached hydrogens (tertiary/aromatic N) is 2. The molecule has 0 radical (unpaired) electrons. The highest BCUT2D eigenvalue weighted by molar-refractivity contribution is 14.0. The third kappa shape index (κ3) is 8.30. The summed E-state index contributed by atoms with van der Waals surface area (Å²) in [6.45, 7) is 12.9. The second-order valence-corrected chi connectivity index (χ2v) is 7.44. The molecule has 5 nitrogen and oxygen atoms in total. The smallest absolute Gasteiger partial charge is 0.191 e. The molecule has 1 unspecified atom stereocenters. The number of nitrogens with one attached hydrogen (secondary N) is 2. The van der Waals surface area contributed by atoms with Crippen molar-refractivity contribution in [3.63, 3.8) is 0 Å². The second kappa shape index (κ2) is 11.2. The number of halogens is 1. The van der Waals surface area contributed by atoms with Gasteiger partial charge in [0.25, 0.3) is 0 Å². The summed E-state index contributed by atoms with van der Waals surface area (Å²) in [5.41, 5.74) is 0.0877. The first-order chi connectivity index (χ1) is 10.4. The Morgan fingerprint density at radius 3 is 2.52 bits per heavy atom. The van der Waals surface area contributed by atoms with Crippen molar-refractivity contribution in [1.29, 1.82) is 0 Å². The van der Waals surface area contributed by atoms with Crippen LogP contribution in [-0.2, 0) is 17.7 Å². The highest BCUT2D eigenvalue weighted by Gasteiger charge is 2.24. The maximum absolute atomic E-state index is 5.57. The van der Waals surface area contributed by atoms with Crippen LogP contribution in [0.25, 0.3) is 0 Å². The Morgan fingerprint density at radius 1 is 1.35 bits per heavy atom. The molecule has 0 amide bonds. The van der Waals surface area contributed by atoms with Gasteiger partial charge in [0.05, 0.1) is 12.6 Å². The molecule has 1 rings (SSSR count). The van der Waals surface area contributed by atoms with Crippen LogP contribution in [0.2, 0.25) is 0 Å². The van der Waals surface area contributed by atoms with Crippen molar-refractivity contribution < 1.29 is 4.74 Å². The first kappa shape index (κ1) is 22.6. The van der Waals surface area contributed by atoms with Crippen LogP contribution in [0, 0.1) is 5.41 Å². The molecule has 0 aliphatic rings. The molecular formula is C16H31IN4OS. The molecule has 134 valence electrons. The predicted octanol–water partition coefficient (Wildman–Crippen LogP) is 3.44. The number of thiazole rings is 1. The lowest BCUT2D eigenvalue weighted by Crippen LogP contribution is -2.45. The molecule has 7 heteroatoms. The quantitative estimate of drug-likeness (QED) is 0.377. The van der Waals surface area contributed by atoms with E-state index in [4.69, 9.17) is 4.74 Å². The summed E-state index contributed by atoms with van der Waals surface area (Å²) in [6.07, 6.45) is 3.10. The van der Waals surface area contributed by atoms with Crippen molar-refractivity contribution in [3.05, 3.63) is 16.1 Å². The molecule has 0 fully saturated rings. The van der Waals surface area contributed by atoms with E-state index >= 15 is 0 Å². The van der Waals surface area contributed by atoms with Crippen LogP contribution in [0.1, 0.15) is 44.5 Å². The molecule has 0 saturated heterocycles. The topological polar surface area (TPSA) is 58.5 Å². The zero-order valence-corrected chi connectivity index (χ0v) is 18.2. The molecule has 0 aliphatic carbocycles. The van der Waals surface area contributed by atoms with Crippen molar-refractivity contribution in [3.8, 4) is 0 Å². The predicted molar refractivity (Wildman–Crippen MR) is 110 cm³/mol. The third-order valence-electron chi connectivity index (χ3n) is 3.37. The van der Waals surface area contributed by atoms with Gasteiger partial charge in [-0.05, 0) is 18.8 Å². The summed E-state index contributed by atoms with van der Waals surface area (Å²) in [7, 11) is 1.75. The third-order valence-corrected chi connectivity index (χ3v) is 4.50. The highest BCUT2D eigenvalue weighted by atomic mass is 127. The number of rotatable bonds is 7. The number of aliphatic imine (C=N–C) groups is 1. The van der Waals surface area contributed by atoms with Crippen molar-refractivity contribution in [1.82, 2.24) is 15.6 Å². The molecule has 23 heavy (non-hydrogen) atoms. The van der Waals surface area contributed by atoms with Gasteiger partial charge in [0.2, 0.25) is 0 Å². The van der Waals surface area contributed by atoms with Gasteiger partial charge in [0, 0.05) is 31.3 Å². The van der Waals surface area contributed by atoms with Gasteiger partial charge in [-0.15, -0.1) is 35.3 Å². The number of ether oxygens (including phenoxy) is 1. The summed E-state index contributed by atoms with van der Waals surface area (Å²) in [4.78, 5) is 10.3. The Labute approximate surface area is 161 Å². The average molecular weight is 454 g/mol. The van der Waals surface area contributed by atoms with Crippen LogP contribution in [0.5, 0.6) is 0 Å². The Hall–Kier alpha value is -0.410. The van der Waals surface area contributed by atoms with Gasteiger partial charge in [-0.1, -0.05) is 27.7 Å². The zero-order chi connectivity index (χ0) is 16.6. The number of hydrogen-bond acceptors (Lipinski definition) is 4. The van der Waals surface area contributed by atoms with Crippen LogP contribution >= 0.6 is 35.3 Å². The number of aryl methyl sites for hydroxylation is 1. The maximum Gasteiger partial charge on any atom is 0.191 e. The second-order valence-electron chi connectivity index (χ2n) is 6.24. The minimum atomic E-state index is 0. The molecule has 1 aromatic heterocycles. The molecule has 1 atom stereocenters. The monoisotopic (exact) mass is 454 g/mol. The van der Waals surface area contributed by atoms with Gasteiger partial charge in [0.1, 0.15) is 5.01 Å². The van der Waals surface area contributed by atoms with E-state index in [1.165, 1.54) is 4.88 Å². The fraction of sp³-hybridized carbons (Fsp3) is 0.750. The van der Waals surface area contributed by atoms with E-state index in [2.05, 4.69) is 55.2 Å². The molecule has 2 N–H and O–H groups in total. The van der Waals surface area contributed by atoms with Gasteiger partial charge in [-0.3, -0.25) is 0 Å². The Morgan fingerprint density at radius 2 is 2.04 bits per heavy atom. The Bertz CT molecular complexity index is 471. The molecule has 0 aliphatic heterocycles. The van der Waals surface area contributed by atoms with Crippen LogP contribution in [0.3, 0.4) is 0 Å². The largest absolute Gasteiger partial charge is 0.379 e. The van der Waals surface area contributed by atoms with Gasteiger partial charge in [-0.25, -0.2) is 9.98 Å². The van der Waals surface area contributed by atoms with E-state index in [9.17, 15) is 0 Å². The number of aromatic nitrogens is 1. The lowest BCUT2D eigenvalue weighted by atomic mass is 9.89. The van der Waals surface area contributed by atoms with E-state index in [0.29, 0.717) is 6.54 Å². The minimum Gasteiger partial charge on any atom is -0.379 e. The van der Waals surface area contributed by atoms with Gasteiger partial charge < -0.3 is 15.4 Å². The molecular weight excluding hydrogens is 423 g/mol. The van der Waals surface area contributed by atoms with Gasteiger partial charge in [0.15, 0.2) is 5.96 Å². The first-order valence-corrected chi connectivity index (χ1v) is 8.70. The summed E-state index contributed by atoms with van der Waals surface area (Å²) < 4.78 is 5.57. The summed E-state index contributed by atoms with van der Waals surface area (Å²) in [5.74, 6) is 0.807. The summed E-state index contributed by atoms with van der Waals surface area (Å²) >= 11 is 1.73. The van der Waals surface area contributed by atoms with Crippen molar-refractivity contribution in [2.45, 2.75) is 53.7 Å². The number of guanidine groups is 1. The highest BCUT2D eigenvalue weighted by Crippen LogP contribution is 2.21. The zero-order valence-electron chi connectivity index (χ0n) is 15.1. The lowest BCUT2D eigenvalue weighted by Gasteiger charge is -2.30. The van der Waals surface area contributed by atoms with Gasteiger partial charge in [-0.2, -0.15) is 0 Å². The molecule has 1 heterocycles. The van der Waals surface area contributed by atoms with Crippen LogP contribution in [0.15, 0.2) is 11.2 Å². The molecule has 0 saturated carbocycles. The fourth-order valence-electron chi connectivity index (χ4n) is 2.01. The lowest BCUT2D eigenvalue weighted by molar-refractivity contribution is 0.0205. The number of methoxy groups -OCH3 is 1. The summed E-state index contributed by atoms with van der Waals surface area (Å²) in [5, 5.41) is 7.67. The minimum absolute atomic E-state index is 0. The van der Waals surface area contributed by atoms with Crippen molar-refractivity contribution >= 4 is 41.3 Å². The maximum atomic E-state index is 5.57. The van der Waals surface area contributed by atoms with E-state index in [1.54, 1.807) is 18.4 Å². The average Bonchev–Trinajstić information content (AvgIpc) is 2.91. The SMILES string of the molecule is CCNC(=NCc1ncc(CC)s1)NCC(OC)C(C)(C)C.I. The fourth-order valence-corrected chi connectivity index (χ4v) is 2.79.